The molecule has 0 radical (unpaired) electrons. The number of rotatable bonds is 3. The summed E-state index contributed by atoms with van der Waals surface area (Å²) in [4.78, 5) is 32.8. The number of aromatic amines is 1. The van der Waals surface area contributed by atoms with Gasteiger partial charge in [0.1, 0.15) is 0 Å². The number of pyridine rings is 2. The molecule has 0 aliphatic carbocycles. The Bertz CT molecular complexity index is 802. The van der Waals surface area contributed by atoms with Crippen LogP contribution in [0, 0.1) is 0 Å². The Morgan fingerprint density at radius 3 is 3.08 bits per heavy atom. The van der Waals surface area contributed by atoms with Crippen LogP contribution in [0.1, 0.15) is 29.7 Å². The Labute approximate surface area is 139 Å². The smallest absolute Gasteiger partial charge is 0.318 e. The maximum atomic E-state index is 12.5. The number of hydrogen-bond donors (Lipinski definition) is 2. The number of carbonyl (C=O) groups is 1. The van der Waals surface area contributed by atoms with E-state index in [1.54, 1.807) is 30.5 Å². The fourth-order valence-electron chi connectivity index (χ4n) is 2.82. The van der Waals surface area contributed by atoms with Crippen LogP contribution in [-0.2, 0) is 13.0 Å². The van der Waals surface area contributed by atoms with Crippen LogP contribution in [0.2, 0.25) is 0 Å². The van der Waals surface area contributed by atoms with Gasteiger partial charge in [0.15, 0.2) is 0 Å². The number of nitrogens with zero attached hydrogens (tertiary/aromatic N) is 2. The van der Waals surface area contributed by atoms with E-state index in [2.05, 4.69) is 15.3 Å². The van der Waals surface area contributed by atoms with Crippen molar-refractivity contribution < 1.29 is 9.53 Å². The zero-order chi connectivity index (χ0) is 17.1. The molecule has 0 spiro atoms. The summed E-state index contributed by atoms with van der Waals surface area (Å²) in [6.45, 7) is 2.82. The fourth-order valence-corrected chi connectivity index (χ4v) is 2.82. The molecule has 3 rings (SSSR count). The monoisotopic (exact) mass is 328 g/mol. The highest BCUT2D eigenvalue weighted by atomic mass is 16.5. The normalized spacial score (nSPS) is 14.7. The Kier molecular flexibility index (Phi) is 4.50. The topological polar surface area (TPSA) is 87.3 Å². The molecular formula is C17H20N4O3. The third-order valence-corrected chi connectivity index (χ3v) is 4.26. The molecule has 0 saturated heterocycles. The summed E-state index contributed by atoms with van der Waals surface area (Å²) in [5, 5.41) is 2.96. The number of H-pyrrole nitrogens is 1. The molecular weight excluding hydrogens is 308 g/mol. The summed E-state index contributed by atoms with van der Waals surface area (Å²) in [6, 6.07) is 5.15. The number of fused-ring (bicyclic) bond motifs is 1. The molecule has 2 N–H and O–H groups in total. The van der Waals surface area contributed by atoms with Gasteiger partial charge in [-0.25, -0.2) is 9.78 Å². The maximum Gasteiger partial charge on any atom is 0.318 e. The molecule has 3 heterocycles. The SMILES string of the molecule is COc1cc([C@H](C)NC(=O)N2CCc3cc[nH]c(=O)c3C2)ccn1. The van der Waals surface area contributed by atoms with Gasteiger partial charge < -0.3 is 19.9 Å². The van der Waals surface area contributed by atoms with Gasteiger partial charge in [-0.15, -0.1) is 0 Å². The second-order valence-corrected chi connectivity index (χ2v) is 5.78. The second-order valence-electron chi connectivity index (χ2n) is 5.78. The molecule has 0 saturated carbocycles. The van der Waals surface area contributed by atoms with Crippen molar-refractivity contribution in [2.75, 3.05) is 13.7 Å². The average Bonchev–Trinajstić information content (AvgIpc) is 2.61. The lowest BCUT2D eigenvalue weighted by Crippen LogP contribution is -2.45. The van der Waals surface area contributed by atoms with Gasteiger partial charge in [0, 0.05) is 30.6 Å². The van der Waals surface area contributed by atoms with E-state index >= 15 is 0 Å². The summed E-state index contributed by atoms with van der Waals surface area (Å²) in [5.41, 5.74) is 2.45. The van der Waals surface area contributed by atoms with Gasteiger partial charge >= 0.3 is 6.03 Å². The van der Waals surface area contributed by atoms with Gasteiger partial charge in [-0.3, -0.25) is 4.79 Å². The number of methoxy groups -OCH3 is 1. The molecule has 0 aromatic carbocycles. The van der Waals surface area contributed by atoms with Crippen molar-refractivity contribution in [3.05, 3.63) is 57.6 Å². The van der Waals surface area contributed by atoms with Crippen molar-refractivity contribution >= 4 is 6.03 Å². The van der Waals surface area contributed by atoms with E-state index in [-0.39, 0.29) is 17.6 Å². The highest BCUT2D eigenvalue weighted by Crippen LogP contribution is 2.18. The van der Waals surface area contributed by atoms with E-state index in [4.69, 9.17) is 4.74 Å². The van der Waals surface area contributed by atoms with Crippen LogP contribution >= 0.6 is 0 Å². The first-order valence-corrected chi connectivity index (χ1v) is 7.83. The van der Waals surface area contributed by atoms with Crippen LogP contribution in [0.4, 0.5) is 4.79 Å². The molecule has 2 aromatic heterocycles. The first-order valence-electron chi connectivity index (χ1n) is 7.83. The van der Waals surface area contributed by atoms with Crippen molar-refractivity contribution in [2.24, 2.45) is 0 Å². The fraction of sp³-hybridized carbons (Fsp3) is 0.353. The summed E-state index contributed by atoms with van der Waals surface area (Å²) < 4.78 is 5.11. The molecule has 0 bridgehead atoms. The van der Waals surface area contributed by atoms with E-state index in [0.717, 1.165) is 11.1 Å². The van der Waals surface area contributed by atoms with E-state index in [1.165, 1.54) is 0 Å². The van der Waals surface area contributed by atoms with Crippen LogP contribution < -0.4 is 15.6 Å². The predicted molar refractivity (Wildman–Crippen MR) is 88.9 cm³/mol. The molecule has 1 aliphatic heterocycles. The number of hydrogen-bond acceptors (Lipinski definition) is 4. The summed E-state index contributed by atoms with van der Waals surface area (Å²) >= 11 is 0. The van der Waals surface area contributed by atoms with Gasteiger partial charge in [0.05, 0.1) is 19.7 Å². The van der Waals surface area contributed by atoms with Gasteiger partial charge in [0.2, 0.25) is 5.88 Å². The maximum absolute atomic E-state index is 12.5. The van der Waals surface area contributed by atoms with Gasteiger partial charge in [0.25, 0.3) is 5.56 Å². The van der Waals surface area contributed by atoms with Gasteiger partial charge in [-0.05, 0) is 36.6 Å². The summed E-state index contributed by atoms with van der Waals surface area (Å²) in [6.07, 6.45) is 3.98. The van der Waals surface area contributed by atoms with Crippen LogP contribution in [0.5, 0.6) is 5.88 Å². The van der Waals surface area contributed by atoms with E-state index in [9.17, 15) is 9.59 Å². The molecule has 2 aromatic rings. The first-order chi connectivity index (χ1) is 11.6. The number of aromatic nitrogens is 2. The Balaban J connectivity index is 1.69. The second kappa shape index (κ2) is 6.74. The quantitative estimate of drug-likeness (QED) is 0.896. The third kappa shape index (κ3) is 3.24. The third-order valence-electron chi connectivity index (χ3n) is 4.26. The molecule has 24 heavy (non-hydrogen) atoms. The van der Waals surface area contributed by atoms with Gasteiger partial charge in [-0.2, -0.15) is 0 Å². The van der Waals surface area contributed by atoms with Crippen LogP contribution in [0.15, 0.2) is 35.4 Å². The average molecular weight is 328 g/mol. The zero-order valence-electron chi connectivity index (χ0n) is 13.7. The molecule has 126 valence electrons. The predicted octanol–water partition coefficient (Wildman–Crippen LogP) is 1.61. The standard InChI is InChI=1S/C17H20N4O3/c1-11(13-4-6-18-15(9-13)24-2)20-17(23)21-8-5-12-3-7-19-16(22)14(12)10-21/h3-4,6-7,9,11H,5,8,10H2,1-2H3,(H,19,22)(H,20,23)/t11-/m0/s1. The molecule has 0 fully saturated rings. The Hall–Kier alpha value is -2.83. The Morgan fingerprint density at radius 1 is 1.46 bits per heavy atom. The van der Waals surface area contributed by atoms with E-state index < -0.39 is 0 Å². The van der Waals surface area contributed by atoms with Crippen molar-refractivity contribution in [3.8, 4) is 5.88 Å². The van der Waals surface area contributed by atoms with Crippen molar-refractivity contribution in [2.45, 2.75) is 25.9 Å². The number of carbonyl (C=O) groups excluding carboxylic acids is 1. The van der Waals surface area contributed by atoms with E-state index in [0.29, 0.717) is 31.0 Å². The Morgan fingerprint density at radius 2 is 2.29 bits per heavy atom. The molecule has 0 unspecified atom stereocenters. The molecule has 7 heteroatoms. The number of urea groups is 1. The van der Waals surface area contributed by atoms with E-state index in [1.807, 2.05) is 19.1 Å². The zero-order valence-corrected chi connectivity index (χ0v) is 13.7. The van der Waals surface area contributed by atoms with Crippen molar-refractivity contribution in [3.63, 3.8) is 0 Å². The minimum absolute atomic E-state index is 0.128. The van der Waals surface area contributed by atoms with Crippen LogP contribution in [0.3, 0.4) is 0 Å². The minimum atomic E-state index is -0.190. The largest absolute Gasteiger partial charge is 0.481 e. The van der Waals surface area contributed by atoms with Gasteiger partial charge in [-0.1, -0.05) is 0 Å². The highest BCUT2D eigenvalue weighted by molar-refractivity contribution is 5.75. The highest BCUT2D eigenvalue weighted by Gasteiger charge is 2.23. The summed E-state index contributed by atoms with van der Waals surface area (Å²) in [5.74, 6) is 0.507. The molecule has 2 amide bonds. The molecule has 1 atom stereocenters. The first kappa shape index (κ1) is 16.0. The minimum Gasteiger partial charge on any atom is -0.481 e. The number of amides is 2. The lowest BCUT2D eigenvalue weighted by molar-refractivity contribution is 0.188. The summed E-state index contributed by atoms with van der Waals surface area (Å²) in [7, 11) is 1.55. The van der Waals surface area contributed by atoms with Crippen molar-refractivity contribution in [1.29, 1.82) is 0 Å². The number of ether oxygens (including phenoxy) is 1. The number of nitrogens with one attached hydrogen (secondary N) is 2. The molecule has 1 aliphatic rings. The lowest BCUT2D eigenvalue weighted by Gasteiger charge is -2.29. The molecule has 7 nitrogen and oxygen atoms in total. The van der Waals surface area contributed by atoms with Crippen molar-refractivity contribution in [1.82, 2.24) is 20.2 Å². The lowest BCUT2D eigenvalue weighted by atomic mass is 10.0. The van der Waals surface area contributed by atoms with Crippen LogP contribution in [-0.4, -0.2) is 34.6 Å². The van der Waals surface area contributed by atoms with Crippen LogP contribution in [0.25, 0.3) is 0 Å².